The number of aliphatic hydroxyl groups excluding tert-OH is 1. The second-order valence-corrected chi connectivity index (χ2v) is 4.15. The number of hydrogen-bond donors (Lipinski definition) is 3. The van der Waals surface area contributed by atoms with Crippen LogP contribution in [-0.4, -0.2) is 36.2 Å². The van der Waals surface area contributed by atoms with Gasteiger partial charge in [-0.3, -0.25) is 4.79 Å². The summed E-state index contributed by atoms with van der Waals surface area (Å²) in [6, 6.07) is 0. The Morgan fingerprint density at radius 1 is 1.50 bits per heavy atom. The Hall–Kier alpha value is -0.610. The number of carbonyl (C=O) groups is 1. The van der Waals surface area contributed by atoms with Crippen molar-refractivity contribution in [3.63, 3.8) is 0 Å². The van der Waals surface area contributed by atoms with Gasteiger partial charge < -0.3 is 15.7 Å². The highest BCUT2D eigenvalue weighted by molar-refractivity contribution is 5.76. The van der Waals surface area contributed by atoms with E-state index in [2.05, 4.69) is 10.6 Å². The van der Waals surface area contributed by atoms with E-state index in [1.165, 1.54) is 0 Å². The van der Waals surface area contributed by atoms with Crippen LogP contribution in [-0.2, 0) is 4.79 Å². The fourth-order valence-corrected chi connectivity index (χ4v) is 0.952. The molecule has 0 spiro atoms. The predicted octanol–water partition coefficient (Wildman–Crippen LogP) is 0.262. The van der Waals surface area contributed by atoms with Crippen molar-refractivity contribution in [2.45, 2.75) is 45.3 Å². The minimum Gasteiger partial charge on any atom is -0.391 e. The van der Waals surface area contributed by atoms with Crippen LogP contribution in [0.1, 0.15) is 33.6 Å². The molecule has 0 aromatic heterocycles. The number of nitrogens with one attached hydrogen (secondary N) is 2. The average molecular weight is 202 g/mol. The lowest BCUT2D eigenvalue weighted by molar-refractivity contribution is -0.124. The molecule has 0 saturated carbocycles. The summed E-state index contributed by atoms with van der Waals surface area (Å²) in [7, 11) is 1.86. The van der Waals surface area contributed by atoms with Gasteiger partial charge >= 0.3 is 0 Å². The first kappa shape index (κ1) is 13.4. The fourth-order valence-electron chi connectivity index (χ4n) is 0.952. The smallest absolute Gasteiger partial charge is 0.220 e. The van der Waals surface area contributed by atoms with Crippen molar-refractivity contribution in [1.82, 2.24) is 10.6 Å². The van der Waals surface area contributed by atoms with E-state index in [1.807, 2.05) is 20.9 Å². The van der Waals surface area contributed by atoms with Gasteiger partial charge in [0, 0.05) is 6.42 Å². The molecule has 0 aliphatic heterocycles. The first-order valence-electron chi connectivity index (χ1n) is 5.04. The molecule has 0 aromatic rings. The lowest BCUT2D eigenvalue weighted by Crippen LogP contribution is -2.51. The first-order valence-corrected chi connectivity index (χ1v) is 5.04. The summed E-state index contributed by atoms with van der Waals surface area (Å²) in [6.45, 7) is 6.14. The Morgan fingerprint density at radius 3 is 2.50 bits per heavy atom. The zero-order valence-corrected chi connectivity index (χ0v) is 9.55. The lowest BCUT2D eigenvalue weighted by Gasteiger charge is -2.29. The van der Waals surface area contributed by atoms with Gasteiger partial charge in [-0.2, -0.15) is 0 Å². The Bertz CT molecular complexity index is 179. The predicted molar refractivity (Wildman–Crippen MR) is 57.1 cm³/mol. The Kier molecular flexibility index (Phi) is 5.72. The molecule has 3 N–H and O–H groups in total. The molecule has 0 fully saturated rings. The van der Waals surface area contributed by atoms with Gasteiger partial charge in [0.1, 0.15) is 0 Å². The lowest BCUT2D eigenvalue weighted by atomic mass is 9.98. The van der Waals surface area contributed by atoms with E-state index in [1.54, 1.807) is 6.92 Å². The van der Waals surface area contributed by atoms with Crippen LogP contribution >= 0.6 is 0 Å². The second kappa shape index (κ2) is 5.98. The summed E-state index contributed by atoms with van der Waals surface area (Å²) in [5.74, 6) is -0.00819. The van der Waals surface area contributed by atoms with Gasteiger partial charge in [-0.25, -0.2) is 0 Å². The molecule has 14 heavy (non-hydrogen) atoms. The number of carbonyl (C=O) groups excluding carboxylic acids is 1. The van der Waals surface area contributed by atoms with E-state index >= 15 is 0 Å². The van der Waals surface area contributed by atoms with Gasteiger partial charge in [-0.15, -0.1) is 0 Å². The van der Waals surface area contributed by atoms with E-state index < -0.39 is 11.6 Å². The molecule has 4 heteroatoms. The van der Waals surface area contributed by atoms with E-state index in [0.717, 1.165) is 13.0 Å². The maximum absolute atomic E-state index is 11.4. The van der Waals surface area contributed by atoms with Crippen LogP contribution in [0, 0.1) is 0 Å². The molecule has 0 rings (SSSR count). The molecule has 84 valence electrons. The van der Waals surface area contributed by atoms with E-state index in [0.29, 0.717) is 6.42 Å². The van der Waals surface area contributed by atoms with Crippen LogP contribution < -0.4 is 10.6 Å². The highest BCUT2D eigenvalue weighted by Crippen LogP contribution is 2.08. The quantitative estimate of drug-likeness (QED) is 0.541. The van der Waals surface area contributed by atoms with Crippen LogP contribution in [0.3, 0.4) is 0 Å². The molecule has 0 radical (unpaired) electrons. The molecule has 1 amide bonds. The van der Waals surface area contributed by atoms with Gasteiger partial charge in [-0.1, -0.05) is 0 Å². The molecule has 1 atom stereocenters. The number of hydrogen-bond acceptors (Lipinski definition) is 3. The number of aliphatic hydroxyl groups is 1. The van der Waals surface area contributed by atoms with Crippen LogP contribution in [0.15, 0.2) is 0 Å². The monoisotopic (exact) mass is 202 g/mol. The zero-order valence-electron chi connectivity index (χ0n) is 9.55. The Labute approximate surface area is 86.1 Å². The third-order valence-electron chi connectivity index (χ3n) is 2.34. The summed E-state index contributed by atoms with van der Waals surface area (Å²) >= 11 is 0. The third-order valence-corrected chi connectivity index (χ3v) is 2.34. The molecule has 0 saturated heterocycles. The Morgan fingerprint density at radius 2 is 2.07 bits per heavy atom. The van der Waals surface area contributed by atoms with Crippen molar-refractivity contribution in [3.05, 3.63) is 0 Å². The largest absolute Gasteiger partial charge is 0.391 e. The molecule has 4 nitrogen and oxygen atoms in total. The van der Waals surface area contributed by atoms with Crippen molar-refractivity contribution in [2.75, 3.05) is 13.6 Å². The zero-order chi connectivity index (χ0) is 11.2. The van der Waals surface area contributed by atoms with Crippen molar-refractivity contribution in [3.8, 4) is 0 Å². The molecule has 0 aliphatic rings. The normalized spacial score (nSPS) is 13.8. The van der Waals surface area contributed by atoms with Gasteiger partial charge in [-0.05, 0) is 40.8 Å². The third kappa shape index (κ3) is 5.19. The topological polar surface area (TPSA) is 61.4 Å². The van der Waals surface area contributed by atoms with Gasteiger partial charge in [0.2, 0.25) is 5.91 Å². The SMILES string of the molecule is CNCCCC(=O)NC(C)(C)C(C)O. The standard InChI is InChI=1S/C10H22N2O2/c1-8(13)10(2,3)12-9(14)6-5-7-11-4/h8,11,13H,5-7H2,1-4H3,(H,12,14). The molecular formula is C10H22N2O2. The van der Waals surface area contributed by atoms with Gasteiger partial charge in [0.05, 0.1) is 11.6 Å². The maximum Gasteiger partial charge on any atom is 0.220 e. The Balaban J connectivity index is 3.82. The summed E-state index contributed by atoms with van der Waals surface area (Å²) in [6.07, 6.45) is 0.769. The highest BCUT2D eigenvalue weighted by atomic mass is 16.3. The summed E-state index contributed by atoms with van der Waals surface area (Å²) in [4.78, 5) is 11.4. The van der Waals surface area contributed by atoms with Crippen molar-refractivity contribution in [1.29, 1.82) is 0 Å². The summed E-state index contributed by atoms with van der Waals surface area (Å²) in [5, 5.41) is 15.2. The van der Waals surface area contributed by atoms with Crippen LogP contribution in [0.5, 0.6) is 0 Å². The average Bonchev–Trinajstić information content (AvgIpc) is 2.03. The summed E-state index contributed by atoms with van der Waals surface area (Å²) in [5.41, 5.74) is -0.545. The molecule has 1 unspecified atom stereocenters. The fraction of sp³-hybridized carbons (Fsp3) is 0.900. The van der Waals surface area contributed by atoms with Crippen molar-refractivity contribution in [2.24, 2.45) is 0 Å². The van der Waals surface area contributed by atoms with Gasteiger partial charge in [0.15, 0.2) is 0 Å². The van der Waals surface area contributed by atoms with Crippen LogP contribution in [0.25, 0.3) is 0 Å². The van der Waals surface area contributed by atoms with E-state index in [4.69, 9.17) is 0 Å². The van der Waals surface area contributed by atoms with Crippen LogP contribution in [0.4, 0.5) is 0 Å². The van der Waals surface area contributed by atoms with Gasteiger partial charge in [0.25, 0.3) is 0 Å². The first-order chi connectivity index (χ1) is 6.40. The van der Waals surface area contributed by atoms with E-state index in [9.17, 15) is 9.90 Å². The molecular weight excluding hydrogens is 180 g/mol. The highest BCUT2D eigenvalue weighted by Gasteiger charge is 2.25. The second-order valence-electron chi connectivity index (χ2n) is 4.15. The number of rotatable bonds is 6. The van der Waals surface area contributed by atoms with E-state index in [-0.39, 0.29) is 5.91 Å². The van der Waals surface area contributed by atoms with Crippen LogP contribution in [0.2, 0.25) is 0 Å². The minimum atomic E-state index is -0.546. The molecule has 0 aromatic carbocycles. The molecule has 0 aliphatic carbocycles. The molecule has 0 bridgehead atoms. The van der Waals surface area contributed by atoms with Crippen molar-refractivity contribution >= 4 is 5.91 Å². The molecule has 0 heterocycles. The van der Waals surface area contributed by atoms with Crippen molar-refractivity contribution < 1.29 is 9.90 Å². The minimum absolute atomic E-state index is 0.00819. The maximum atomic E-state index is 11.4. The number of amides is 1. The summed E-state index contributed by atoms with van der Waals surface area (Å²) < 4.78 is 0.